The average Bonchev–Trinajstić information content (AvgIpc) is 1.78. The van der Waals surface area contributed by atoms with Gasteiger partial charge >= 0.3 is 6.18 Å². The van der Waals surface area contributed by atoms with Crippen molar-refractivity contribution in [2.75, 3.05) is 13.2 Å². The van der Waals surface area contributed by atoms with Crippen molar-refractivity contribution in [1.82, 2.24) is 5.48 Å². The van der Waals surface area contributed by atoms with Gasteiger partial charge in [-0.15, -0.1) is 0 Å². The zero-order valence-electron chi connectivity index (χ0n) is 6.16. The van der Waals surface area contributed by atoms with Gasteiger partial charge in [0.1, 0.15) is 0 Å². The molecule has 2 nitrogen and oxygen atoms in total. The summed E-state index contributed by atoms with van der Waals surface area (Å²) >= 11 is 0. The molecule has 0 rings (SSSR count). The van der Waals surface area contributed by atoms with Gasteiger partial charge in [0.2, 0.25) is 0 Å². The summed E-state index contributed by atoms with van der Waals surface area (Å²) in [6, 6.07) is 0. The Bertz CT molecular complexity index is 132. The zero-order chi connectivity index (χ0) is 8.91. The van der Waals surface area contributed by atoms with Crippen LogP contribution in [0.3, 0.4) is 0 Å². The van der Waals surface area contributed by atoms with Crippen LogP contribution in [-0.2, 0) is 4.84 Å². The van der Waals surface area contributed by atoms with E-state index in [1.54, 1.807) is 6.92 Å². The van der Waals surface area contributed by atoms with Gasteiger partial charge in [0, 0.05) is 6.54 Å². The van der Waals surface area contributed by atoms with Crippen molar-refractivity contribution in [1.29, 1.82) is 0 Å². The quantitative estimate of drug-likeness (QED) is 0.392. The lowest BCUT2D eigenvalue weighted by Gasteiger charge is -2.07. The minimum Gasteiger partial charge on any atom is -0.292 e. The molecular formula is C6H10F3NO. The third kappa shape index (κ3) is 9.45. The minimum absolute atomic E-state index is 0.232. The van der Waals surface area contributed by atoms with Crippen molar-refractivity contribution in [2.24, 2.45) is 0 Å². The van der Waals surface area contributed by atoms with Crippen LogP contribution in [0, 0.1) is 0 Å². The molecule has 0 heterocycles. The smallest absolute Gasteiger partial charge is 0.292 e. The highest BCUT2D eigenvalue weighted by Crippen LogP contribution is 2.13. The Kier molecular flexibility index (Phi) is 4.14. The van der Waals surface area contributed by atoms with E-state index in [9.17, 15) is 13.2 Å². The van der Waals surface area contributed by atoms with E-state index in [-0.39, 0.29) is 6.54 Å². The standard InChI is InChI=1S/C6H10F3NO/c1-5(2)3-10-11-4-6(7,8)9/h10H,1,3-4H2,2H3. The van der Waals surface area contributed by atoms with Crippen molar-refractivity contribution in [3.63, 3.8) is 0 Å². The normalized spacial score (nSPS) is 11.6. The van der Waals surface area contributed by atoms with Crippen molar-refractivity contribution in [2.45, 2.75) is 13.1 Å². The lowest BCUT2D eigenvalue weighted by atomic mass is 10.4. The largest absolute Gasteiger partial charge is 0.413 e. The molecule has 0 aliphatic carbocycles. The van der Waals surface area contributed by atoms with Crippen molar-refractivity contribution in [3.05, 3.63) is 12.2 Å². The molecule has 11 heavy (non-hydrogen) atoms. The topological polar surface area (TPSA) is 21.3 Å². The summed E-state index contributed by atoms with van der Waals surface area (Å²) in [6.07, 6.45) is -4.28. The van der Waals surface area contributed by atoms with E-state index in [4.69, 9.17) is 0 Å². The number of alkyl halides is 3. The van der Waals surface area contributed by atoms with Crippen LogP contribution in [0.4, 0.5) is 13.2 Å². The summed E-state index contributed by atoms with van der Waals surface area (Å²) in [7, 11) is 0. The molecule has 0 aliphatic rings. The molecule has 0 radical (unpaired) electrons. The molecule has 0 saturated carbocycles. The van der Waals surface area contributed by atoms with Crippen LogP contribution >= 0.6 is 0 Å². The van der Waals surface area contributed by atoms with Crippen molar-refractivity contribution >= 4 is 0 Å². The first kappa shape index (κ1) is 10.4. The number of hydroxylamine groups is 1. The van der Waals surface area contributed by atoms with Gasteiger partial charge < -0.3 is 0 Å². The molecule has 66 valence electrons. The molecule has 0 aromatic heterocycles. The van der Waals surface area contributed by atoms with Crippen LogP contribution < -0.4 is 5.48 Å². The van der Waals surface area contributed by atoms with Crippen LogP contribution in [0.15, 0.2) is 12.2 Å². The van der Waals surface area contributed by atoms with Crippen LogP contribution in [0.25, 0.3) is 0 Å². The van der Waals surface area contributed by atoms with E-state index >= 15 is 0 Å². The third-order valence-corrected chi connectivity index (χ3v) is 0.712. The SMILES string of the molecule is C=C(C)CNOCC(F)(F)F. The number of hydrogen-bond donors (Lipinski definition) is 1. The highest BCUT2D eigenvalue weighted by Gasteiger charge is 2.27. The van der Waals surface area contributed by atoms with Crippen molar-refractivity contribution < 1.29 is 18.0 Å². The number of hydrogen-bond acceptors (Lipinski definition) is 2. The molecule has 0 spiro atoms. The molecule has 0 aromatic carbocycles. The van der Waals surface area contributed by atoms with Crippen LogP contribution in [0.1, 0.15) is 6.92 Å². The van der Waals surface area contributed by atoms with Gasteiger partial charge in [0.25, 0.3) is 0 Å². The Morgan fingerprint density at radius 2 is 2.09 bits per heavy atom. The molecule has 0 saturated heterocycles. The fraction of sp³-hybridized carbons (Fsp3) is 0.667. The number of nitrogens with one attached hydrogen (secondary N) is 1. The molecule has 1 N–H and O–H groups in total. The van der Waals surface area contributed by atoms with E-state index in [0.717, 1.165) is 0 Å². The highest BCUT2D eigenvalue weighted by molar-refractivity contribution is 4.88. The molecule has 0 amide bonds. The number of rotatable bonds is 4. The summed E-state index contributed by atoms with van der Waals surface area (Å²) in [5.74, 6) is 0. The van der Waals surface area contributed by atoms with Crippen LogP contribution in [0.5, 0.6) is 0 Å². The first-order valence-corrected chi connectivity index (χ1v) is 2.97. The lowest BCUT2D eigenvalue weighted by Crippen LogP contribution is -2.25. The van der Waals surface area contributed by atoms with Crippen molar-refractivity contribution in [3.8, 4) is 0 Å². The fourth-order valence-electron chi connectivity index (χ4n) is 0.307. The van der Waals surface area contributed by atoms with Gasteiger partial charge in [0.15, 0.2) is 6.61 Å². The summed E-state index contributed by atoms with van der Waals surface area (Å²) in [5, 5.41) is 0. The second kappa shape index (κ2) is 4.35. The van der Waals surface area contributed by atoms with Gasteiger partial charge in [-0.05, 0) is 6.92 Å². The Hall–Kier alpha value is -0.550. The lowest BCUT2D eigenvalue weighted by molar-refractivity contribution is -0.188. The number of halogens is 3. The molecule has 0 unspecified atom stereocenters. The van der Waals surface area contributed by atoms with E-state index < -0.39 is 12.8 Å². The first-order chi connectivity index (χ1) is 4.92. The van der Waals surface area contributed by atoms with Gasteiger partial charge in [-0.3, -0.25) is 4.84 Å². The van der Waals surface area contributed by atoms with Crippen LogP contribution in [-0.4, -0.2) is 19.3 Å². The van der Waals surface area contributed by atoms with E-state index in [2.05, 4.69) is 16.9 Å². The Morgan fingerprint density at radius 1 is 1.55 bits per heavy atom. The Morgan fingerprint density at radius 3 is 2.45 bits per heavy atom. The maximum atomic E-state index is 11.4. The summed E-state index contributed by atoms with van der Waals surface area (Å²) < 4.78 is 34.2. The average molecular weight is 169 g/mol. The molecular weight excluding hydrogens is 159 g/mol. The summed E-state index contributed by atoms with van der Waals surface area (Å²) in [6.45, 7) is 4.10. The zero-order valence-corrected chi connectivity index (χ0v) is 6.16. The van der Waals surface area contributed by atoms with Crippen LogP contribution in [0.2, 0.25) is 0 Å². The monoisotopic (exact) mass is 169 g/mol. The molecule has 0 atom stereocenters. The van der Waals surface area contributed by atoms with Gasteiger partial charge in [-0.25, -0.2) is 0 Å². The Labute approximate surface area is 63.0 Å². The van der Waals surface area contributed by atoms with E-state index in [0.29, 0.717) is 5.57 Å². The Balaban J connectivity index is 3.22. The second-order valence-corrected chi connectivity index (χ2v) is 2.18. The van der Waals surface area contributed by atoms with Gasteiger partial charge in [0.05, 0.1) is 0 Å². The fourth-order valence-corrected chi connectivity index (χ4v) is 0.307. The highest BCUT2D eigenvalue weighted by atomic mass is 19.4. The molecule has 0 fully saturated rings. The molecule has 5 heteroatoms. The van der Waals surface area contributed by atoms with E-state index in [1.165, 1.54) is 0 Å². The maximum Gasteiger partial charge on any atom is 0.413 e. The summed E-state index contributed by atoms with van der Waals surface area (Å²) in [5.41, 5.74) is 2.84. The summed E-state index contributed by atoms with van der Waals surface area (Å²) in [4.78, 5) is 4.07. The van der Waals surface area contributed by atoms with Gasteiger partial charge in [-0.1, -0.05) is 12.2 Å². The second-order valence-electron chi connectivity index (χ2n) is 2.18. The molecule has 0 bridgehead atoms. The van der Waals surface area contributed by atoms with Gasteiger partial charge in [-0.2, -0.15) is 18.7 Å². The third-order valence-electron chi connectivity index (χ3n) is 0.712. The maximum absolute atomic E-state index is 11.4. The predicted octanol–water partition coefficient (Wildman–Crippen LogP) is 1.65. The minimum atomic E-state index is -4.28. The predicted molar refractivity (Wildman–Crippen MR) is 34.8 cm³/mol. The molecule has 0 aliphatic heterocycles. The van der Waals surface area contributed by atoms with E-state index in [1.807, 2.05) is 0 Å². The molecule has 0 aromatic rings. The first-order valence-electron chi connectivity index (χ1n) is 2.97.